The van der Waals surface area contributed by atoms with E-state index >= 15 is 0 Å². The molecule has 8 nitrogen and oxygen atoms in total. The molecular formula is C20H25N3O5. The molecule has 0 spiro atoms. The number of aromatic amines is 1. The van der Waals surface area contributed by atoms with Gasteiger partial charge in [-0.05, 0) is 29.2 Å². The summed E-state index contributed by atoms with van der Waals surface area (Å²) in [6.07, 6.45) is 2.30. The Balaban J connectivity index is 0.000000878. The van der Waals surface area contributed by atoms with E-state index < -0.39 is 6.10 Å². The number of benzene rings is 1. The molecule has 8 heteroatoms. The average molecular weight is 387 g/mol. The maximum absolute atomic E-state index is 12.3. The van der Waals surface area contributed by atoms with Crippen LogP contribution < -0.4 is 10.3 Å². The van der Waals surface area contributed by atoms with Crippen LogP contribution in [0.4, 0.5) is 0 Å². The fraction of sp³-hybridized carbons (Fsp3) is 0.350. The van der Waals surface area contributed by atoms with Gasteiger partial charge in [0.05, 0.1) is 18.4 Å². The molecule has 3 N–H and O–H groups in total. The number of H-pyrrole nitrogens is 1. The molecule has 0 saturated heterocycles. The van der Waals surface area contributed by atoms with Crippen molar-refractivity contribution in [3.8, 4) is 5.75 Å². The number of hydrogen-bond acceptors (Lipinski definition) is 5. The highest BCUT2D eigenvalue weighted by Gasteiger charge is 2.14. The molecule has 0 saturated carbocycles. The van der Waals surface area contributed by atoms with Crippen LogP contribution in [0.25, 0.3) is 11.0 Å². The quantitative estimate of drug-likeness (QED) is 0.578. The van der Waals surface area contributed by atoms with E-state index in [2.05, 4.69) is 30.7 Å². The third-order valence-electron chi connectivity index (χ3n) is 4.11. The lowest BCUT2D eigenvalue weighted by molar-refractivity contribution is -0.122. The van der Waals surface area contributed by atoms with Crippen LogP contribution in [0, 0.1) is 0 Å². The van der Waals surface area contributed by atoms with E-state index in [9.17, 15) is 9.90 Å². The zero-order valence-corrected chi connectivity index (χ0v) is 16.1. The van der Waals surface area contributed by atoms with Crippen LogP contribution in [0.2, 0.25) is 0 Å². The molecular weight excluding hydrogens is 362 g/mol. The van der Waals surface area contributed by atoms with Crippen molar-refractivity contribution in [2.24, 2.45) is 0 Å². The number of aliphatic hydroxyl groups is 1. The van der Waals surface area contributed by atoms with Gasteiger partial charge in [-0.25, -0.2) is 4.98 Å². The first kappa shape index (κ1) is 21.2. The summed E-state index contributed by atoms with van der Waals surface area (Å²) in [5.74, 6) is 0.692. The van der Waals surface area contributed by atoms with Gasteiger partial charge in [-0.3, -0.25) is 14.2 Å². The van der Waals surface area contributed by atoms with Gasteiger partial charge in [0.25, 0.3) is 12.0 Å². The van der Waals surface area contributed by atoms with Crippen LogP contribution in [0.1, 0.15) is 26.3 Å². The zero-order valence-electron chi connectivity index (χ0n) is 16.1. The molecule has 3 rings (SSSR count). The van der Waals surface area contributed by atoms with Crippen LogP contribution in [0.15, 0.2) is 47.7 Å². The minimum absolute atomic E-state index is 0.0860. The Morgan fingerprint density at radius 2 is 1.89 bits per heavy atom. The summed E-state index contributed by atoms with van der Waals surface area (Å²) in [5.41, 5.74) is 2.16. The SMILES string of the molecule is CC(C)(C)c1ccc(OCC(O)Cn2cnc3cc[nH]c3c2=O)cc1.O=CO. The third-order valence-corrected chi connectivity index (χ3v) is 4.11. The summed E-state index contributed by atoms with van der Waals surface area (Å²) >= 11 is 0. The van der Waals surface area contributed by atoms with Gasteiger partial charge in [0, 0.05) is 6.20 Å². The van der Waals surface area contributed by atoms with Crippen molar-refractivity contribution in [3.63, 3.8) is 0 Å². The van der Waals surface area contributed by atoms with Crippen molar-refractivity contribution in [1.29, 1.82) is 0 Å². The topological polar surface area (TPSA) is 117 Å². The molecule has 0 aliphatic heterocycles. The summed E-state index contributed by atoms with van der Waals surface area (Å²) in [4.78, 5) is 27.7. The van der Waals surface area contributed by atoms with Gasteiger partial charge in [-0.2, -0.15) is 0 Å². The largest absolute Gasteiger partial charge is 0.491 e. The molecule has 0 aliphatic rings. The monoisotopic (exact) mass is 387 g/mol. The lowest BCUT2D eigenvalue weighted by Gasteiger charge is -2.19. The van der Waals surface area contributed by atoms with Crippen molar-refractivity contribution < 1.29 is 19.7 Å². The number of ether oxygens (including phenoxy) is 1. The lowest BCUT2D eigenvalue weighted by atomic mass is 9.87. The molecule has 2 heterocycles. The minimum Gasteiger partial charge on any atom is -0.491 e. The number of aliphatic hydroxyl groups excluding tert-OH is 1. The minimum atomic E-state index is -0.811. The summed E-state index contributed by atoms with van der Waals surface area (Å²) in [6, 6.07) is 9.57. The lowest BCUT2D eigenvalue weighted by Crippen LogP contribution is -2.30. The molecule has 0 fully saturated rings. The molecule has 3 aromatic rings. The molecule has 1 unspecified atom stereocenters. The average Bonchev–Trinajstić information content (AvgIpc) is 3.12. The zero-order chi connectivity index (χ0) is 20.7. The van der Waals surface area contributed by atoms with Crippen LogP contribution in [0.3, 0.4) is 0 Å². The fourth-order valence-electron chi connectivity index (χ4n) is 2.62. The van der Waals surface area contributed by atoms with Crippen LogP contribution >= 0.6 is 0 Å². The first-order chi connectivity index (χ1) is 13.3. The van der Waals surface area contributed by atoms with Crippen molar-refractivity contribution >= 4 is 17.5 Å². The maximum atomic E-state index is 12.3. The fourth-order valence-corrected chi connectivity index (χ4v) is 2.62. The highest BCUT2D eigenvalue weighted by Crippen LogP contribution is 2.24. The smallest absolute Gasteiger partial charge is 0.290 e. The standard InChI is InChI=1S/C19H23N3O3.CH2O2/c1-19(2,3)13-4-6-15(7-5-13)25-11-14(23)10-22-12-21-16-8-9-20-17(16)18(22)24;2-1-3/h4-9,12,14,20,23H,10-11H2,1-3H3;1H,(H,2,3). The van der Waals surface area contributed by atoms with Crippen molar-refractivity contribution in [1.82, 2.24) is 14.5 Å². The normalized spacial score (nSPS) is 12.1. The Morgan fingerprint density at radius 1 is 1.25 bits per heavy atom. The predicted octanol–water partition coefficient (Wildman–Crippen LogP) is 2.16. The summed E-state index contributed by atoms with van der Waals surface area (Å²) < 4.78 is 7.01. The molecule has 0 amide bonds. The Kier molecular flexibility index (Phi) is 6.94. The summed E-state index contributed by atoms with van der Waals surface area (Å²) in [7, 11) is 0. The van der Waals surface area contributed by atoms with Gasteiger partial charge in [0.15, 0.2) is 0 Å². The molecule has 2 aromatic heterocycles. The molecule has 1 aromatic carbocycles. The van der Waals surface area contributed by atoms with Crippen molar-refractivity contribution in [3.05, 3.63) is 58.8 Å². The van der Waals surface area contributed by atoms with Gasteiger partial charge >= 0.3 is 0 Å². The van der Waals surface area contributed by atoms with E-state index in [1.165, 1.54) is 16.5 Å². The van der Waals surface area contributed by atoms with Crippen molar-refractivity contribution in [2.75, 3.05) is 6.61 Å². The Hall–Kier alpha value is -3.13. The molecule has 0 aliphatic carbocycles. The second kappa shape index (κ2) is 9.18. The maximum Gasteiger partial charge on any atom is 0.290 e. The Bertz CT molecular complexity index is 954. The molecule has 150 valence electrons. The highest BCUT2D eigenvalue weighted by atomic mass is 16.5. The van der Waals surface area contributed by atoms with Crippen LogP contribution in [-0.2, 0) is 16.8 Å². The second-order valence-corrected chi connectivity index (χ2v) is 7.28. The van der Waals surface area contributed by atoms with E-state index in [0.717, 1.165) is 0 Å². The van der Waals surface area contributed by atoms with Gasteiger partial charge in [-0.1, -0.05) is 32.9 Å². The number of carbonyl (C=O) groups is 1. The van der Waals surface area contributed by atoms with Crippen LogP contribution in [-0.4, -0.2) is 43.9 Å². The van der Waals surface area contributed by atoms with E-state index in [1.807, 2.05) is 24.3 Å². The summed E-state index contributed by atoms with van der Waals surface area (Å²) in [5, 5.41) is 17.1. The first-order valence-electron chi connectivity index (χ1n) is 8.78. The number of nitrogens with one attached hydrogen (secondary N) is 1. The predicted molar refractivity (Wildman–Crippen MR) is 106 cm³/mol. The van der Waals surface area contributed by atoms with Gasteiger partial charge in [-0.15, -0.1) is 0 Å². The summed E-state index contributed by atoms with van der Waals surface area (Å²) in [6.45, 7) is 6.43. The number of carboxylic acid groups (broad SMARTS) is 1. The van der Waals surface area contributed by atoms with Gasteiger partial charge in [0.2, 0.25) is 0 Å². The van der Waals surface area contributed by atoms with E-state index in [1.54, 1.807) is 12.3 Å². The molecule has 1 atom stereocenters. The number of nitrogens with zero attached hydrogens (tertiary/aromatic N) is 2. The van der Waals surface area contributed by atoms with E-state index in [-0.39, 0.29) is 30.6 Å². The Labute approximate surface area is 162 Å². The van der Waals surface area contributed by atoms with Crippen molar-refractivity contribution in [2.45, 2.75) is 38.8 Å². The van der Waals surface area contributed by atoms with Crippen LogP contribution in [0.5, 0.6) is 5.75 Å². The number of rotatable bonds is 5. The van der Waals surface area contributed by atoms with Gasteiger partial charge in [0.1, 0.15) is 24.0 Å². The number of hydrogen-bond donors (Lipinski definition) is 3. The van der Waals surface area contributed by atoms with E-state index in [4.69, 9.17) is 14.6 Å². The number of fused-ring (bicyclic) bond motifs is 1. The first-order valence-corrected chi connectivity index (χ1v) is 8.78. The molecule has 28 heavy (non-hydrogen) atoms. The second-order valence-electron chi connectivity index (χ2n) is 7.28. The third kappa shape index (κ3) is 5.43. The molecule has 0 radical (unpaired) electrons. The number of aromatic nitrogens is 3. The Morgan fingerprint density at radius 3 is 2.50 bits per heavy atom. The highest BCUT2D eigenvalue weighted by molar-refractivity contribution is 5.73. The van der Waals surface area contributed by atoms with E-state index in [0.29, 0.717) is 16.8 Å². The van der Waals surface area contributed by atoms with Gasteiger partial charge < -0.3 is 19.9 Å². The molecule has 0 bridgehead atoms.